The van der Waals surface area contributed by atoms with Crippen LogP contribution in [0.4, 0.5) is 0 Å². The molecule has 0 amide bonds. The van der Waals surface area contributed by atoms with Crippen LogP contribution >= 0.6 is 11.8 Å². The number of hydrogen-bond donors (Lipinski definition) is 1. The molecule has 1 aliphatic rings. The summed E-state index contributed by atoms with van der Waals surface area (Å²) in [5, 5.41) is 1.65. The summed E-state index contributed by atoms with van der Waals surface area (Å²) in [7, 11) is 3.18. The topological polar surface area (TPSA) is 69.1 Å². The fraction of sp³-hybridized carbons (Fsp3) is 0.286. The molecule has 3 aromatic rings. The first-order valence-corrected chi connectivity index (χ1v) is 7.52. The Bertz CT molecular complexity index is 929. The molecule has 0 radical (unpaired) electrons. The number of aromatic nitrogens is 3. The number of hydrogen-bond acceptors (Lipinski definition) is 5. The lowest BCUT2D eigenvalue weighted by molar-refractivity contribution is 0.356. The average Bonchev–Trinajstić information content (AvgIpc) is 3.10. The van der Waals surface area contributed by atoms with Crippen LogP contribution in [0.3, 0.4) is 0 Å². The molecule has 108 valence electrons. The van der Waals surface area contributed by atoms with Gasteiger partial charge in [-0.15, -0.1) is 0 Å². The molecule has 0 atom stereocenters. The Kier molecular flexibility index (Phi) is 2.65. The number of H-pyrrole nitrogens is 1. The number of nitrogens with one attached hydrogen (secondary N) is 1. The van der Waals surface area contributed by atoms with E-state index >= 15 is 0 Å². The van der Waals surface area contributed by atoms with Crippen LogP contribution in [0.25, 0.3) is 21.9 Å². The van der Waals surface area contributed by atoms with Crippen LogP contribution in [0.5, 0.6) is 11.5 Å². The molecule has 4 rings (SSSR count). The standard InChI is InChI=1S/C14H13N3O3S/c1-19-9-5-7-8(6-10(9)20-2)15-12-11(7)16-14-17(13(12)18)3-4-21-14/h5-6,15H,3-4H2,1-2H3. The molecule has 0 saturated carbocycles. The molecular weight excluding hydrogens is 290 g/mol. The zero-order chi connectivity index (χ0) is 14.6. The van der Waals surface area contributed by atoms with Gasteiger partial charge in [-0.05, 0) is 6.07 Å². The van der Waals surface area contributed by atoms with Gasteiger partial charge in [0.05, 0.1) is 19.7 Å². The van der Waals surface area contributed by atoms with E-state index in [0.29, 0.717) is 29.1 Å². The van der Waals surface area contributed by atoms with Crippen molar-refractivity contribution in [3.63, 3.8) is 0 Å². The quantitative estimate of drug-likeness (QED) is 0.733. The third kappa shape index (κ3) is 1.67. The molecule has 0 spiro atoms. The van der Waals surface area contributed by atoms with E-state index in [0.717, 1.165) is 21.8 Å². The molecule has 0 aliphatic carbocycles. The second kappa shape index (κ2) is 4.42. The highest BCUT2D eigenvalue weighted by molar-refractivity contribution is 7.99. The Hall–Kier alpha value is -2.15. The van der Waals surface area contributed by atoms with Crippen LogP contribution in [0.1, 0.15) is 0 Å². The van der Waals surface area contributed by atoms with Crippen molar-refractivity contribution in [3.8, 4) is 11.5 Å². The van der Waals surface area contributed by atoms with Crippen LogP contribution in [-0.4, -0.2) is 34.5 Å². The maximum absolute atomic E-state index is 12.5. The first-order valence-electron chi connectivity index (χ1n) is 6.54. The summed E-state index contributed by atoms with van der Waals surface area (Å²) in [5.41, 5.74) is 2.03. The predicted molar refractivity (Wildman–Crippen MR) is 81.7 cm³/mol. The molecule has 0 unspecified atom stereocenters. The lowest BCUT2D eigenvalue weighted by Gasteiger charge is -2.07. The van der Waals surface area contributed by atoms with Crippen molar-refractivity contribution in [2.75, 3.05) is 20.0 Å². The Morgan fingerprint density at radius 1 is 1.29 bits per heavy atom. The smallest absolute Gasteiger partial charge is 0.278 e. The first-order chi connectivity index (χ1) is 10.2. The van der Waals surface area contributed by atoms with Gasteiger partial charge in [-0.3, -0.25) is 9.36 Å². The van der Waals surface area contributed by atoms with Crippen molar-refractivity contribution in [2.24, 2.45) is 0 Å². The number of benzene rings is 1. The molecule has 1 N–H and O–H groups in total. The number of methoxy groups -OCH3 is 2. The van der Waals surface area contributed by atoms with Gasteiger partial charge in [0.15, 0.2) is 16.7 Å². The maximum atomic E-state index is 12.5. The average molecular weight is 303 g/mol. The zero-order valence-corrected chi connectivity index (χ0v) is 12.4. The Balaban J connectivity index is 2.13. The summed E-state index contributed by atoms with van der Waals surface area (Å²) >= 11 is 1.61. The number of ether oxygens (including phenoxy) is 2. The second-order valence-corrected chi connectivity index (χ2v) is 5.86. The lowest BCUT2D eigenvalue weighted by atomic mass is 10.2. The SMILES string of the molecule is COc1cc2[nH]c3c(=O)n4c(nc3c2cc1OC)SCC4. The van der Waals surface area contributed by atoms with Crippen LogP contribution in [0.15, 0.2) is 22.1 Å². The highest BCUT2D eigenvalue weighted by Gasteiger charge is 2.20. The molecule has 6 nitrogen and oxygen atoms in total. The Morgan fingerprint density at radius 3 is 2.81 bits per heavy atom. The van der Waals surface area contributed by atoms with Gasteiger partial charge in [0.2, 0.25) is 0 Å². The second-order valence-electron chi connectivity index (χ2n) is 4.80. The molecule has 0 saturated heterocycles. The third-order valence-electron chi connectivity index (χ3n) is 3.72. The summed E-state index contributed by atoms with van der Waals surface area (Å²) < 4.78 is 12.3. The van der Waals surface area contributed by atoms with Gasteiger partial charge in [-0.1, -0.05) is 11.8 Å². The van der Waals surface area contributed by atoms with Gasteiger partial charge in [-0.2, -0.15) is 0 Å². The number of aromatic amines is 1. The van der Waals surface area contributed by atoms with Crippen molar-refractivity contribution in [1.82, 2.24) is 14.5 Å². The van der Waals surface area contributed by atoms with E-state index in [1.807, 2.05) is 12.1 Å². The normalized spacial score (nSPS) is 13.8. The Labute approximate surface area is 124 Å². The van der Waals surface area contributed by atoms with Crippen LogP contribution < -0.4 is 15.0 Å². The molecule has 7 heteroatoms. The molecule has 3 heterocycles. The van der Waals surface area contributed by atoms with E-state index in [1.165, 1.54) is 0 Å². The molecular formula is C14H13N3O3S. The minimum Gasteiger partial charge on any atom is -0.493 e. The van der Waals surface area contributed by atoms with Crippen molar-refractivity contribution in [1.29, 1.82) is 0 Å². The van der Waals surface area contributed by atoms with Crippen LogP contribution in [0.2, 0.25) is 0 Å². The van der Waals surface area contributed by atoms with E-state index in [9.17, 15) is 4.79 Å². The van der Waals surface area contributed by atoms with Gasteiger partial charge in [-0.25, -0.2) is 4.98 Å². The number of nitrogens with zero attached hydrogens (tertiary/aromatic N) is 2. The highest BCUT2D eigenvalue weighted by atomic mass is 32.2. The summed E-state index contributed by atoms with van der Waals surface area (Å²) in [6, 6.07) is 3.69. The van der Waals surface area contributed by atoms with Crippen molar-refractivity contribution in [2.45, 2.75) is 11.7 Å². The van der Waals surface area contributed by atoms with Gasteiger partial charge in [0.1, 0.15) is 11.0 Å². The summed E-state index contributed by atoms with van der Waals surface area (Å²) in [4.78, 5) is 20.3. The molecule has 1 aromatic carbocycles. The van der Waals surface area contributed by atoms with E-state index in [-0.39, 0.29) is 5.56 Å². The molecule has 0 fully saturated rings. The predicted octanol–water partition coefficient (Wildman–Crippen LogP) is 2.00. The minimum absolute atomic E-state index is 0.0193. The largest absolute Gasteiger partial charge is 0.493 e. The van der Waals surface area contributed by atoms with Crippen LogP contribution in [-0.2, 0) is 6.54 Å². The molecule has 0 bridgehead atoms. The molecule has 2 aromatic heterocycles. The van der Waals surface area contributed by atoms with Crippen molar-refractivity contribution >= 4 is 33.7 Å². The minimum atomic E-state index is -0.0193. The maximum Gasteiger partial charge on any atom is 0.278 e. The molecule has 21 heavy (non-hydrogen) atoms. The zero-order valence-electron chi connectivity index (χ0n) is 11.6. The van der Waals surface area contributed by atoms with Gasteiger partial charge >= 0.3 is 0 Å². The fourth-order valence-corrected chi connectivity index (χ4v) is 3.63. The lowest BCUT2D eigenvalue weighted by Crippen LogP contribution is -2.20. The summed E-state index contributed by atoms with van der Waals surface area (Å²) in [5.74, 6) is 2.14. The number of rotatable bonds is 2. The Morgan fingerprint density at radius 2 is 2.05 bits per heavy atom. The molecule has 1 aliphatic heterocycles. The third-order valence-corrected chi connectivity index (χ3v) is 4.68. The van der Waals surface area contributed by atoms with Crippen LogP contribution in [0, 0.1) is 0 Å². The van der Waals surface area contributed by atoms with E-state index < -0.39 is 0 Å². The van der Waals surface area contributed by atoms with E-state index in [1.54, 1.807) is 30.5 Å². The number of thioether (sulfide) groups is 1. The monoisotopic (exact) mass is 303 g/mol. The van der Waals surface area contributed by atoms with Gasteiger partial charge in [0.25, 0.3) is 5.56 Å². The highest BCUT2D eigenvalue weighted by Crippen LogP contribution is 2.35. The first kappa shape index (κ1) is 12.6. The van der Waals surface area contributed by atoms with E-state index in [2.05, 4.69) is 9.97 Å². The van der Waals surface area contributed by atoms with Crippen molar-refractivity contribution in [3.05, 3.63) is 22.5 Å². The fourth-order valence-electron chi connectivity index (χ4n) is 2.69. The van der Waals surface area contributed by atoms with Gasteiger partial charge in [0, 0.05) is 23.8 Å². The van der Waals surface area contributed by atoms with Gasteiger partial charge < -0.3 is 14.5 Å². The van der Waals surface area contributed by atoms with E-state index in [4.69, 9.17) is 9.47 Å². The summed E-state index contributed by atoms with van der Waals surface area (Å²) in [6.07, 6.45) is 0. The summed E-state index contributed by atoms with van der Waals surface area (Å²) in [6.45, 7) is 0.712. The van der Waals surface area contributed by atoms with Crippen molar-refractivity contribution < 1.29 is 9.47 Å². The number of fused-ring (bicyclic) bond motifs is 4.